The zero-order valence-electron chi connectivity index (χ0n) is 19.7. The molecule has 0 spiro atoms. The van der Waals surface area contributed by atoms with E-state index >= 15 is 0 Å². The summed E-state index contributed by atoms with van der Waals surface area (Å²) >= 11 is 0. The SMILES string of the molecule is CCn1nc(C)c2c1c(=O)n(Cc1ccc(F)cc1)c(=O)n2CC(=O)NCc1cccc(OC)c1. The number of hydrogen-bond acceptors (Lipinski definition) is 5. The number of ether oxygens (including phenoxy) is 1. The van der Waals surface area contributed by atoms with Crippen LogP contribution in [0.3, 0.4) is 0 Å². The molecule has 0 unspecified atom stereocenters. The van der Waals surface area contributed by atoms with Gasteiger partial charge in [-0.2, -0.15) is 5.10 Å². The van der Waals surface area contributed by atoms with Crippen LogP contribution in [0.5, 0.6) is 5.75 Å². The number of benzene rings is 2. The summed E-state index contributed by atoms with van der Waals surface area (Å²) in [5, 5.41) is 7.21. The van der Waals surface area contributed by atoms with E-state index in [1.54, 1.807) is 20.1 Å². The van der Waals surface area contributed by atoms with Gasteiger partial charge in [0.2, 0.25) is 5.91 Å². The Morgan fingerprint density at radius 3 is 2.49 bits per heavy atom. The molecule has 35 heavy (non-hydrogen) atoms. The minimum absolute atomic E-state index is 0.0622. The quantitative estimate of drug-likeness (QED) is 0.418. The maximum atomic E-state index is 13.4. The third kappa shape index (κ3) is 4.86. The first kappa shape index (κ1) is 23.9. The summed E-state index contributed by atoms with van der Waals surface area (Å²) in [6, 6.07) is 12.8. The Labute approximate surface area is 200 Å². The molecule has 9 nitrogen and oxygen atoms in total. The molecule has 10 heteroatoms. The van der Waals surface area contributed by atoms with Crippen molar-refractivity contribution in [1.82, 2.24) is 24.2 Å². The standard InChI is InChI=1S/C25H26FN5O4/c1-4-31-23-22(16(2)28-31)29(15-21(32)27-13-18-6-5-7-20(12-18)35-3)25(34)30(24(23)33)14-17-8-10-19(26)11-9-17/h5-12H,4,13-15H2,1-3H3,(H,27,32). The lowest BCUT2D eigenvalue weighted by Gasteiger charge is -2.13. The molecule has 2 aromatic carbocycles. The number of nitrogens with one attached hydrogen (secondary N) is 1. The zero-order valence-corrected chi connectivity index (χ0v) is 19.7. The van der Waals surface area contributed by atoms with Crippen molar-refractivity contribution in [3.63, 3.8) is 0 Å². The Morgan fingerprint density at radius 1 is 1.06 bits per heavy atom. The lowest BCUT2D eigenvalue weighted by molar-refractivity contribution is -0.121. The summed E-state index contributed by atoms with van der Waals surface area (Å²) in [5.41, 5.74) is 1.32. The molecule has 0 aliphatic carbocycles. The minimum Gasteiger partial charge on any atom is -0.497 e. The Balaban J connectivity index is 1.72. The highest BCUT2D eigenvalue weighted by atomic mass is 19.1. The first-order chi connectivity index (χ1) is 16.8. The maximum Gasteiger partial charge on any atom is 0.332 e. The number of carbonyl (C=O) groups excluding carboxylic acids is 1. The summed E-state index contributed by atoms with van der Waals surface area (Å²) in [6.45, 7) is 3.84. The Bertz CT molecular complexity index is 1500. The van der Waals surface area contributed by atoms with Gasteiger partial charge in [-0.15, -0.1) is 0 Å². The molecule has 0 fully saturated rings. The molecule has 1 N–H and O–H groups in total. The van der Waals surface area contributed by atoms with Crippen molar-refractivity contribution in [3.8, 4) is 5.75 Å². The number of hydrogen-bond donors (Lipinski definition) is 1. The average molecular weight is 480 g/mol. The van der Waals surface area contributed by atoms with Gasteiger partial charge in [0.15, 0.2) is 5.52 Å². The van der Waals surface area contributed by atoms with Crippen molar-refractivity contribution in [1.29, 1.82) is 0 Å². The summed E-state index contributed by atoms with van der Waals surface area (Å²) < 4.78 is 22.4. The highest BCUT2D eigenvalue weighted by molar-refractivity contribution is 5.81. The summed E-state index contributed by atoms with van der Waals surface area (Å²) in [4.78, 5) is 39.6. The van der Waals surface area contributed by atoms with Gasteiger partial charge in [-0.05, 0) is 49.2 Å². The average Bonchev–Trinajstić information content (AvgIpc) is 3.20. The molecule has 0 atom stereocenters. The smallest absolute Gasteiger partial charge is 0.332 e. The Morgan fingerprint density at radius 2 is 1.80 bits per heavy atom. The van der Waals surface area contributed by atoms with Gasteiger partial charge >= 0.3 is 5.69 Å². The molecule has 2 aromatic heterocycles. The molecule has 0 aliphatic heterocycles. The number of carbonyl (C=O) groups is 1. The van der Waals surface area contributed by atoms with E-state index in [-0.39, 0.29) is 25.2 Å². The van der Waals surface area contributed by atoms with Crippen LogP contribution in [0.25, 0.3) is 11.0 Å². The summed E-state index contributed by atoms with van der Waals surface area (Å²) in [7, 11) is 1.56. The van der Waals surface area contributed by atoms with E-state index in [1.807, 2.05) is 25.1 Å². The van der Waals surface area contributed by atoms with Crippen molar-refractivity contribution in [3.05, 3.63) is 92.0 Å². The molecule has 2 heterocycles. The van der Waals surface area contributed by atoms with Crippen molar-refractivity contribution < 1.29 is 13.9 Å². The number of aromatic nitrogens is 4. The maximum absolute atomic E-state index is 13.4. The second-order valence-electron chi connectivity index (χ2n) is 8.11. The lowest BCUT2D eigenvalue weighted by Crippen LogP contribution is -2.43. The highest BCUT2D eigenvalue weighted by Gasteiger charge is 2.21. The molecule has 0 bridgehead atoms. The van der Waals surface area contributed by atoms with E-state index < -0.39 is 23.0 Å². The fourth-order valence-electron chi connectivity index (χ4n) is 4.03. The van der Waals surface area contributed by atoms with Crippen LogP contribution in [-0.2, 0) is 31.0 Å². The van der Waals surface area contributed by atoms with E-state index in [9.17, 15) is 18.8 Å². The normalized spacial score (nSPS) is 11.1. The molecule has 182 valence electrons. The molecular weight excluding hydrogens is 453 g/mol. The Hall–Kier alpha value is -4.21. The number of fused-ring (bicyclic) bond motifs is 1. The van der Waals surface area contributed by atoms with Gasteiger partial charge in [0.25, 0.3) is 5.56 Å². The van der Waals surface area contributed by atoms with Gasteiger partial charge in [-0.3, -0.25) is 23.4 Å². The lowest BCUT2D eigenvalue weighted by atomic mass is 10.2. The predicted molar refractivity (Wildman–Crippen MR) is 129 cm³/mol. The molecular formula is C25H26FN5O4. The van der Waals surface area contributed by atoms with Crippen LogP contribution in [0.2, 0.25) is 0 Å². The van der Waals surface area contributed by atoms with Gasteiger partial charge in [0.05, 0.1) is 19.3 Å². The predicted octanol–water partition coefficient (Wildman–Crippen LogP) is 2.20. The molecule has 4 aromatic rings. The van der Waals surface area contributed by atoms with Crippen LogP contribution < -0.4 is 21.3 Å². The van der Waals surface area contributed by atoms with Gasteiger partial charge in [-0.25, -0.2) is 9.18 Å². The number of aryl methyl sites for hydroxylation is 2. The fourth-order valence-corrected chi connectivity index (χ4v) is 4.03. The first-order valence-electron chi connectivity index (χ1n) is 11.2. The first-order valence-corrected chi connectivity index (χ1v) is 11.2. The van der Waals surface area contributed by atoms with E-state index in [0.29, 0.717) is 29.1 Å². The molecule has 0 radical (unpaired) electrons. The highest BCUT2D eigenvalue weighted by Crippen LogP contribution is 2.15. The fraction of sp³-hybridized carbons (Fsp3) is 0.280. The largest absolute Gasteiger partial charge is 0.497 e. The third-order valence-electron chi connectivity index (χ3n) is 5.75. The van der Waals surface area contributed by atoms with Crippen molar-refractivity contribution in [2.75, 3.05) is 7.11 Å². The summed E-state index contributed by atoms with van der Waals surface area (Å²) in [6.07, 6.45) is 0. The van der Waals surface area contributed by atoms with Crippen LogP contribution in [0.1, 0.15) is 23.7 Å². The van der Waals surface area contributed by atoms with Gasteiger partial charge in [0, 0.05) is 13.1 Å². The number of methoxy groups -OCH3 is 1. The molecule has 0 saturated carbocycles. The van der Waals surface area contributed by atoms with Crippen LogP contribution in [0.4, 0.5) is 4.39 Å². The number of nitrogens with zero attached hydrogens (tertiary/aromatic N) is 4. The molecule has 1 amide bonds. The minimum atomic E-state index is -0.637. The van der Waals surface area contributed by atoms with Gasteiger partial charge in [-0.1, -0.05) is 24.3 Å². The second kappa shape index (κ2) is 9.96. The topological polar surface area (TPSA) is 100 Å². The van der Waals surface area contributed by atoms with Crippen molar-refractivity contribution in [2.45, 2.75) is 40.0 Å². The molecule has 0 aliphatic rings. The number of amides is 1. The Kier molecular flexibility index (Phi) is 6.81. The molecule has 0 saturated heterocycles. The molecule has 4 rings (SSSR count). The monoisotopic (exact) mass is 479 g/mol. The zero-order chi connectivity index (χ0) is 25.1. The van der Waals surface area contributed by atoms with E-state index in [4.69, 9.17) is 4.74 Å². The van der Waals surface area contributed by atoms with Crippen molar-refractivity contribution in [2.24, 2.45) is 0 Å². The van der Waals surface area contributed by atoms with Crippen LogP contribution in [0.15, 0.2) is 58.1 Å². The van der Waals surface area contributed by atoms with Crippen LogP contribution >= 0.6 is 0 Å². The van der Waals surface area contributed by atoms with E-state index in [0.717, 1.165) is 10.1 Å². The van der Waals surface area contributed by atoms with E-state index in [1.165, 1.54) is 33.5 Å². The van der Waals surface area contributed by atoms with Crippen LogP contribution in [0, 0.1) is 12.7 Å². The van der Waals surface area contributed by atoms with E-state index in [2.05, 4.69) is 10.4 Å². The number of halogens is 1. The van der Waals surface area contributed by atoms with Crippen molar-refractivity contribution >= 4 is 16.9 Å². The summed E-state index contributed by atoms with van der Waals surface area (Å²) in [5.74, 6) is -0.140. The van der Waals surface area contributed by atoms with Gasteiger partial charge < -0.3 is 10.1 Å². The number of rotatable bonds is 8. The van der Waals surface area contributed by atoms with Crippen LogP contribution in [-0.4, -0.2) is 31.9 Å². The second-order valence-corrected chi connectivity index (χ2v) is 8.11. The third-order valence-corrected chi connectivity index (χ3v) is 5.75. The van der Waals surface area contributed by atoms with Gasteiger partial charge in [0.1, 0.15) is 23.6 Å².